The standard InChI is InChI=1S/C25H29ClN4O/c26-21-13-11-20(12-14-21)24-27-28-25(31-24)23(19-7-3-1-4-8-19)30-17-15-29(16-18-30)22-9-5-2-6-10-22/h1,3-4,7-8,11-14,22-23H,2,5-6,9-10,15-18H2/t23-/m1/s1. The number of benzene rings is 2. The summed E-state index contributed by atoms with van der Waals surface area (Å²) < 4.78 is 6.20. The molecule has 1 aliphatic carbocycles. The van der Waals surface area contributed by atoms with Crippen molar-refractivity contribution in [3.8, 4) is 11.5 Å². The van der Waals surface area contributed by atoms with Gasteiger partial charge in [0.25, 0.3) is 0 Å². The van der Waals surface area contributed by atoms with E-state index in [9.17, 15) is 0 Å². The SMILES string of the molecule is Clc1ccc(-c2nnc([C@@H](c3ccccc3)N3CCN(C4CCCCC4)CC3)o2)cc1. The molecule has 0 spiro atoms. The van der Waals surface area contributed by atoms with Gasteiger partial charge in [-0.05, 0) is 42.7 Å². The molecule has 0 amide bonds. The summed E-state index contributed by atoms with van der Waals surface area (Å²) in [5, 5.41) is 9.52. The van der Waals surface area contributed by atoms with Crippen molar-refractivity contribution in [2.45, 2.75) is 44.2 Å². The highest BCUT2D eigenvalue weighted by molar-refractivity contribution is 6.30. The summed E-state index contributed by atoms with van der Waals surface area (Å²) in [7, 11) is 0. The van der Waals surface area contributed by atoms with E-state index >= 15 is 0 Å². The number of hydrogen-bond donors (Lipinski definition) is 0. The number of rotatable bonds is 5. The van der Waals surface area contributed by atoms with Crippen molar-refractivity contribution >= 4 is 11.6 Å². The maximum Gasteiger partial charge on any atom is 0.247 e. The maximum atomic E-state index is 6.20. The molecule has 0 radical (unpaired) electrons. The van der Waals surface area contributed by atoms with Gasteiger partial charge in [-0.25, -0.2) is 0 Å². The van der Waals surface area contributed by atoms with Crippen LogP contribution in [0.5, 0.6) is 0 Å². The zero-order valence-corrected chi connectivity index (χ0v) is 18.5. The van der Waals surface area contributed by atoms with Crippen molar-refractivity contribution in [2.75, 3.05) is 26.2 Å². The molecular weight excluding hydrogens is 408 g/mol. The third-order valence-corrected chi connectivity index (χ3v) is 6.94. The van der Waals surface area contributed by atoms with Crippen LogP contribution in [0.3, 0.4) is 0 Å². The van der Waals surface area contributed by atoms with Gasteiger partial charge in [-0.15, -0.1) is 10.2 Å². The molecule has 0 bridgehead atoms. The van der Waals surface area contributed by atoms with Crippen LogP contribution < -0.4 is 0 Å². The highest BCUT2D eigenvalue weighted by atomic mass is 35.5. The van der Waals surface area contributed by atoms with Gasteiger partial charge in [0.1, 0.15) is 6.04 Å². The van der Waals surface area contributed by atoms with E-state index in [0.717, 1.165) is 37.8 Å². The molecule has 5 rings (SSSR count). The van der Waals surface area contributed by atoms with Crippen LogP contribution in [0.2, 0.25) is 5.02 Å². The van der Waals surface area contributed by atoms with E-state index in [0.29, 0.717) is 16.8 Å². The molecule has 2 fully saturated rings. The smallest absolute Gasteiger partial charge is 0.247 e. The van der Waals surface area contributed by atoms with Crippen molar-refractivity contribution in [1.29, 1.82) is 0 Å². The lowest BCUT2D eigenvalue weighted by Crippen LogP contribution is -2.51. The average Bonchev–Trinajstić information content (AvgIpc) is 3.31. The molecule has 6 heteroatoms. The summed E-state index contributed by atoms with van der Waals surface area (Å²) in [5.74, 6) is 1.19. The normalized spacial score (nSPS) is 20.0. The van der Waals surface area contributed by atoms with Crippen LogP contribution in [0, 0.1) is 0 Å². The molecule has 1 aliphatic heterocycles. The fraction of sp³-hybridized carbons (Fsp3) is 0.440. The minimum Gasteiger partial charge on any atom is -0.419 e. The molecule has 162 valence electrons. The fourth-order valence-electron chi connectivity index (χ4n) is 5.01. The van der Waals surface area contributed by atoms with E-state index in [1.54, 1.807) is 0 Å². The second-order valence-electron chi connectivity index (χ2n) is 8.63. The lowest BCUT2D eigenvalue weighted by molar-refractivity contribution is 0.0591. The average molecular weight is 437 g/mol. The van der Waals surface area contributed by atoms with Crippen LogP contribution in [-0.4, -0.2) is 52.2 Å². The molecule has 0 unspecified atom stereocenters. The van der Waals surface area contributed by atoms with Crippen molar-refractivity contribution in [3.63, 3.8) is 0 Å². The van der Waals surface area contributed by atoms with Gasteiger partial charge in [-0.2, -0.15) is 0 Å². The third-order valence-electron chi connectivity index (χ3n) is 6.69. The summed E-state index contributed by atoms with van der Waals surface area (Å²) in [6.45, 7) is 4.22. The molecule has 5 nitrogen and oxygen atoms in total. The first-order chi connectivity index (χ1) is 15.3. The second-order valence-corrected chi connectivity index (χ2v) is 9.07. The van der Waals surface area contributed by atoms with Crippen molar-refractivity contribution in [3.05, 3.63) is 71.1 Å². The van der Waals surface area contributed by atoms with Gasteiger partial charge in [-0.3, -0.25) is 9.80 Å². The van der Waals surface area contributed by atoms with E-state index in [4.69, 9.17) is 16.0 Å². The molecule has 2 aromatic carbocycles. The Morgan fingerprint density at radius 2 is 1.55 bits per heavy atom. The lowest BCUT2D eigenvalue weighted by atomic mass is 9.93. The number of aromatic nitrogens is 2. The summed E-state index contributed by atoms with van der Waals surface area (Å²) in [4.78, 5) is 5.19. The second kappa shape index (κ2) is 9.51. The van der Waals surface area contributed by atoms with Crippen molar-refractivity contribution in [2.24, 2.45) is 0 Å². The number of hydrogen-bond acceptors (Lipinski definition) is 5. The summed E-state index contributed by atoms with van der Waals surface area (Å²) in [5.41, 5.74) is 2.08. The summed E-state index contributed by atoms with van der Waals surface area (Å²) >= 11 is 6.03. The van der Waals surface area contributed by atoms with Crippen LogP contribution >= 0.6 is 11.6 Å². The minimum atomic E-state index is -0.0248. The lowest BCUT2D eigenvalue weighted by Gasteiger charge is -2.42. The molecule has 1 saturated carbocycles. The Kier molecular flexibility index (Phi) is 6.35. The van der Waals surface area contributed by atoms with Crippen molar-refractivity contribution < 1.29 is 4.42 Å². The summed E-state index contributed by atoms with van der Waals surface area (Å²) in [6.07, 6.45) is 6.88. The Morgan fingerprint density at radius 1 is 0.839 bits per heavy atom. The van der Waals surface area contributed by atoms with Gasteiger partial charge in [0.2, 0.25) is 11.8 Å². The molecule has 2 aliphatic rings. The first kappa shape index (κ1) is 20.7. The molecule has 1 saturated heterocycles. The highest BCUT2D eigenvalue weighted by Gasteiger charge is 2.32. The zero-order chi connectivity index (χ0) is 21.0. The predicted octanol–water partition coefficient (Wildman–Crippen LogP) is 5.43. The zero-order valence-electron chi connectivity index (χ0n) is 17.8. The number of nitrogens with zero attached hydrogens (tertiary/aromatic N) is 4. The topological polar surface area (TPSA) is 45.4 Å². The van der Waals surface area contributed by atoms with Gasteiger partial charge in [0.15, 0.2) is 0 Å². The van der Waals surface area contributed by atoms with Crippen molar-refractivity contribution in [1.82, 2.24) is 20.0 Å². The van der Waals surface area contributed by atoms with Gasteiger partial charge >= 0.3 is 0 Å². The van der Waals surface area contributed by atoms with Gasteiger partial charge in [0, 0.05) is 42.8 Å². The van der Waals surface area contributed by atoms with Crippen LogP contribution in [-0.2, 0) is 0 Å². The first-order valence-electron chi connectivity index (χ1n) is 11.4. The molecule has 1 atom stereocenters. The predicted molar refractivity (Wildman–Crippen MR) is 123 cm³/mol. The Hall–Kier alpha value is -2.21. The van der Waals surface area contributed by atoms with Crippen LogP contribution in [0.25, 0.3) is 11.5 Å². The molecule has 1 aromatic heterocycles. The summed E-state index contributed by atoms with van der Waals surface area (Å²) in [6, 6.07) is 18.8. The monoisotopic (exact) mass is 436 g/mol. The van der Waals surface area contributed by atoms with Crippen LogP contribution in [0.1, 0.15) is 49.6 Å². The van der Waals surface area contributed by atoms with E-state index in [2.05, 4.69) is 50.3 Å². The maximum absolute atomic E-state index is 6.20. The number of piperazine rings is 1. The van der Waals surface area contributed by atoms with Gasteiger partial charge < -0.3 is 4.42 Å². The van der Waals surface area contributed by atoms with Gasteiger partial charge in [-0.1, -0.05) is 61.2 Å². The molecule has 3 aromatic rings. The Labute approximate surface area is 189 Å². The van der Waals surface area contributed by atoms with Gasteiger partial charge in [0.05, 0.1) is 0 Å². The Bertz CT molecular complexity index is 961. The largest absolute Gasteiger partial charge is 0.419 e. The molecule has 2 heterocycles. The van der Waals surface area contributed by atoms with E-state index in [-0.39, 0.29) is 6.04 Å². The first-order valence-corrected chi connectivity index (χ1v) is 11.8. The molecular formula is C25H29ClN4O. The quantitative estimate of drug-likeness (QED) is 0.533. The molecule has 0 N–H and O–H groups in total. The Morgan fingerprint density at radius 3 is 2.26 bits per heavy atom. The molecule has 31 heavy (non-hydrogen) atoms. The van der Waals surface area contributed by atoms with Crippen LogP contribution in [0.15, 0.2) is 59.0 Å². The van der Waals surface area contributed by atoms with E-state index in [1.807, 2.05) is 24.3 Å². The minimum absolute atomic E-state index is 0.0248. The highest BCUT2D eigenvalue weighted by Crippen LogP contribution is 2.32. The number of halogens is 1. The van der Waals surface area contributed by atoms with E-state index in [1.165, 1.54) is 37.7 Å². The Balaban J connectivity index is 1.37. The van der Waals surface area contributed by atoms with E-state index < -0.39 is 0 Å². The fourth-order valence-corrected chi connectivity index (χ4v) is 5.13. The third kappa shape index (κ3) is 4.69. The van der Waals surface area contributed by atoms with Crippen LogP contribution in [0.4, 0.5) is 0 Å².